The first-order valence-electron chi connectivity index (χ1n) is 14.6. The summed E-state index contributed by atoms with van der Waals surface area (Å²) in [7, 11) is 0. The summed E-state index contributed by atoms with van der Waals surface area (Å²) < 4.78 is 0. The molecule has 7 heteroatoms. The van der Waals surface area contributed by atoms with Gasteiger partial charge in [0.25, 0.3) is 5.91 Å². The molecule has 3 atom stereocenters. The number of anilines is 1. The van der Waals surface area contributed by atoms with Crippen molar-refractivity contribution in [1.82, 2.24) is 15.1 Å². The van der Waals surface area contributed by atoms with E-state index in [0.717, 1.165) is 43.0 Å². The van der Waals surface area contributed by atoms with E-state index in [1.807, 2.05) is 40.6 Å². The van der Waals surface area contributed by atoms with Gasteiger partial charge in [0, 0.05) is 54.9 Å². The summed E-state index contributed by atoms with van der Waals surface area (Å²) in [5.74, 6) is -0.103. The normalized spacial score (nSPS) is 21.5. The Labute approximate surface area is 243 Å². The van der Waals surface area contributed by atoms with Gasteiger partial charge in [-0.15, -0.1) is 11.3 Å². The van der Waals surface area contributed by atoms with Crippen LogP contribution >= 0.6 is 11.3 Å². The zero-order valence-corrected chi connectivity index (χ0v) is 25.0. The highest BCUT2D eigenvalue weighted by Gasteiger charge is 2.44. The molecule has 2 aliphatic rings. The van der Waals surface area contributed by atoms with Crippen LogP contribution in [0.25, 0.3) is 0 Å². The van der Waals surface area contributed by atoms with Gasteiger partial charge in [-0.2, -0.15) is 0 Å². The number of benzene rings is 2. The van der Waals surface area contributed by atoms with Gasteiger partial charge in [-0.25, -0.2) is 0 Å². The van der Waals surface area contributed by atoms with Crippen molar-refractivity contribution in [2.24, 2.45) is 5.92 Å². The third kappa shape index (κ3) is 6.11. The van der Waals surface area contributed by atoms with E-state index in [9.17, 15) is 9.59 Å². The second kappa shape index (κ2) is 12.6. The molecular formula is C33H42N4O2S. The molecule has 0 aliphatic carbocycles. The molecule has 2 aliphatic heterocycles. The van der Waals surface area contributed by atoms with Crippen molar-refractivity contribution in [1.29, 1.82) is 0 Å². The molecule has 2 amide bonds. The van der Waals surface area contributed by atoms with Crippen LogP contribution in [0.4, 0.5) is 5.69 Å². The van der Waals surface area contributed by atoms with E-state index in [-0.39, 0.29) is 17.9 Å². The average Bonchev–Trinajstić information content (AvgIpc) is 3.47. The molecule has 6 nitrogen and oxygen atoms in total. The Morgan fingerprint density at radius 2 is 1.90 bits per heavy atom. The number of thiophene rings is 1. The zero-order chi connectivity index (χ0) is 28.2. The Bertz CT molecular complexity index is 1310. The van der Waals surface area contributed by atoms with Crippen LogP contribution in [0.15, 0.2) is 66.0 Å². The highest BCUT2D eigenvalue weighted by Crippen LogP contribution is 2.44. The SMILES string of the molecule is Cc1cccc(N2CCN(CCCNC(=O)[C@@H]3c4ccccc4C(=O)N(CC(C)C)[C@H]3c3cccs3)C[C@@H]2C)c1. The molecule has 40 heavy (non-hydrogen) atoms. The van der Waals surface area contributed by atoms with Crippen molar-refractivity contribution >= 4 is 28.8 Å². The van der Waals surface area contributed by atoms with Crippen LogP contribution in [0.5, 0.6) is 0 Å². The van der Waals surface area contributed by atoms with E-state index in [4.69, 9.17) is 0 Å². The van der Waals surface area contributed by atoms with Crippen molar-refractivity contribution < 1.29 is 9.59 Å². The highest BCUT2D eigenvalue weighted by molar-refractivity contribution is 7.10. The lowest BCUT2D eigenvalue weighted by Gasteiger charge is -2.42. The van der Waals surface area contributed by atoms with Crippen molar-refractivity contribution in [3.05, 3.63) is 87.6 Å². The first kappa shape index (κ1) is 28.4. The summed E-state index contributed by atoms with van der Waals surface area (Å²) in [6, 6.07) is 20.6. The van der Waals surface area contributed by atoms with E-state index in [1.165, 1.54) is 11.3 Å². The van der Waals surface area contributed by atoms with Gasteiger partial charge in [0.2, 0.25) is 5.91 Å². The number of amides is 2. The molecule has 0 saturated carbocycles. The van der Waals surface area contributed by atoms with Gasteiger partial charge in [0.1, 0.15) is 0 Å². The monoisotopic (exact) mass is 558 g/mol. The molecule has 1 N–H and O–H groups in total. The fourth-order valence-corrected chi connectivity index (χ4v) is 7.17. The van der Waals surface area contributed by atoms with E-state index in [0.29, 0.717) is 30.6 Å². The van der Waals surface area contributed by atoms with Gasteiger partial charge in [0.15, 0.2) is 0 Å². The van der Waals surface area contributed by atoms with Gasteiger partial charge < -0.3 is 15.1 Å². The van der Waals surface area contributed by atoms with E-state index < -0.39 is 5.92 Å². The minimum atomic E-state index is -0.427. The fraction of sp³-hybridized carbons (Fsp3) is 0.455. The molecule has 1 saturated heterocycles. The Hall–Kier alpha value is -3.16. The van der Waals surface area contributed by atoms with Crippen LogP contribution in [0.1, 0.15) is 65.5 Å². The number of hydrogen-bond donors (Lipinski definition) is 1. The quantitative estimate of drug-likeness (QED) is 0.342. The van der Waals surface area contributed by atoms with Gasteiger partial charge >= 0.3 is 0 Å². The minimum Gasteiger partial charge on any atom is -0.366 e. The average molecular weight is 559 g/mol. The summed E-state index contributed by atoms with van der Waals surface area (Å²) in [5, 5.41) is 5.29. The number of rotatable bonds is 9. The van der Waals surface area contributed by atoms with Gasteiger partial charge in [-0.1, -0.05) is 50.2 Å². The zero-order valence-electron chi connectivity index (χ0n) is 24.2. The van der Waals surface area contributed by atoms with Crippen LogP contribution in [0, 0.1) is 12.8 Å². The third-order valence-electron chi connectivity index (χ3n) is 8.11. The molecule has 3 heterocycles. The van der Waals surface area contributed by atoms with Crippen molar-refractivity contribution in [2.75, 3.05) is 44.2 Å². The van der Waals surface area contributed by atoms with Gasteiger partial charge in [0.05, 0.1) is 12.0 Å². The van der Waals surface area contributed by atoms with E-state index >= 15 is 0 Å². The maximum atomic E-state index is 13.9. The summed E-state index contributed by atoms with van der Waals surface area (Å²) in [4.78, 5) is 35.5. The van der Waals surface area contributed by atoms with Crippen LogP contribution in [-0.4, -0.2) is 66.9 Å². The molecule has 212 valence electrons. The van der Waals surface area contributed by atoms with Crippen molar-refractivity contribution in [2.45, 2.75) is 52.1 Å². The number of carbonyl (C=O) groups is 2. The lowest BCUT2D eigenvalue weighted by Crippen LogP contribution is -2.52. The predicted molar refractivity (Wildman–Crippen MR) is 164 cm³/mol. The first-order chi connectivity index (χ1) is 19.3. The summed E-state index contributed by atoms with van der Waals surface area (Å²) >= 11 is 1.62. The molecule has 2 aromatic carbocycles. The van der Waals surface area contributed by atoms with E-state index in [2.05, 4.69) is 73.1 Å². The van der Waals surface area contributed by atoms with Crippen molar-refractivity contribution in [3.63, 3.8) is 0 Å². The number of nitrogens with one attached hydrogen (secondary N) is 1. The lowest BCUT2D eigenvalue weighted by atomic mass is 9.81. The van der Waals surface area contributed by atoms with E-state index in [1.54, 1.807) is 11.3 Å². The number of piperazine rings is 1. The molecule has 1 aromatic heterocycles. The molecule has 0 radical (unpaired) electrons. The Morgan fingerprint density at radius 3 is 2.62 bits per heavy atom. The molecule has 3 aromatic rings. The first-order valence-corrected chi connectivity index (χ1v) is 15.5. The van der Waals surface area contributed by atoms with Crippen LogP contribution in [-0.2, 0) is 4.79 Å². The Balaban J connectivity index is 1.23. The number of carbonyl (C=O) groups excluding carboxylic acids is 2. The van der Waals surface area contributed by atoms with Gasteiger partial charge in [-0.3, -0.25) is 14.5 Å². The number of aryl methyl sites for hydroxylation is 1. The van der Waals surface area contributed by atoms with Crippen LogP contribution in [0.3, 0.4) is 0 Å². The van der Waals surface area contributed by atoms with Crippen LogP contribution < -0.4 is 10.2 Å². The van der Waals surface area contributed by atoms with Crippen molar-refractivity contribution in [3.8, 4) is 0 Å². The third-order valence-corrected chi connectivity index (χ3v) is 9.06. The molecule has 0 bridgehead atoms. The number of hydrogen-bond acceptors (Lipinski definition) is 5. The lowest BCUT2D eigenvalue weighted by molar-refractivity contribution is -0.124. The minimum absolute atomic E-state index is 0.00439. The second-order valence-corrected chi connectivity index (χ2v) is 12.7. The second-order valence-electron chi connectivity index (χ2n) is 11.7. The smallest absolute Gasteiger partial charge is 0.254 e. The highest BCUT2D eigenvalue weighted by atomic mass is 32.1. The standard InChI is InChI=1S/C33H42N4O2S/c1-23(2)21-37-31(29-14-8-19-40-29)30(27-12-5-6-13-28(27)33(37)39)32(38)34-15-9-16-35-17-18-36(25(4)22-35)26-11-7-10-24(3)20-26/h5-8,10-14,19-20,23,25,30-31H,9,15-18,21-22H2,1-4H3,(H,34,38)/t25-,30+,31-/m0/s1. The summed E-state index contributed by atoms with van der Waals surface area (Å²) in [5.41, 5.74) is 4.08. The van der Waals surface area contributed by atoms with Crippen LogP contribution in [0.2, 0.25) is 0 Å². The molecule has 0 unspecified atom stereocenters. The molecule has 1 fully saturated rings. The molecule has 0 spiro atoms. The summed E-state index contributed by atoms with van der Waals surface area (Å²) in [6.45, 7) is 13.9. The predicted octanol–water partition coefficient (Wildman–Crippen LogP) is 5.71. The summed E-state index contributed by atoms with van der Waals surface area (Å²) in [6.07, 6.45) is 0.898. The number of nitrogens with zero attached hydrogens (tertiary/aromatic N) is 3. The molecule has 5 rings (SSSR count). The largest absolute Gasteiger partial charge is 0.366 e. The van der Waals surface area contributed by atoms with Gasteiger partial charge in [-0.05, 0) is 73.5 Å². The fourth-order valence-electron chi connectivity index (χ4n) is 6.30. The number of fused-ring (bicyclic) bond motifs is 1. The maximum Gasteiger partial charge on any atom is 0.254 e. The molecular weight excluding hydrogens is 516 g/mol. The topological polar surface area (TPSA) is 55.9 Å². The Kier molecular flexibility index (Phi) is 8.91. The maximum absolute atomic E-state index is 13.9. The Morgan fingerprint density at radius 1 is 1.07 bits per heavy atom.